The van der Waals surface area contributed by atoms with E-state index in [1.807, 2.05) is 0 Å². The Morgan fingerprint density at radius 3 is 2.55 bits per heavy atom. The lowest BCUT2D eigenvalue weighted by atomic mass is 9.93. The van der Waals surface area contributed by atoms with Crippen LogP contribution in [0.25, 0.3) is 22.0 Å². The largest absolute Gasteiger partial charge is 0.435 e. The molecule has 264 valence electrons. The molecular formula is C35H28F7N7O2. The quantitative estimate of drug-likeness (QED) is 0.119. The molecule has 5 aromatic rings. The maximum atomic E-state index is 15.3. The topological polar surface area (TPSA) is 135 Å². The van der Waals surface area contributed by atoms with Crippen LogP contribution in [0.15, 0.2) is 48.5 Å². The third-order valence-electron chi connectivity index (χ3n) is 8.86. The SMILES string of the molecule is CC(C)(O)C#Cc1ccc(-c2cccc3c(N)n[nH]c23)c([C@H](Cc2cc(F)cc(F)c2)NC(=O)Cn2nc(C(F)(F)F)c3c2C(F)(F)[C@@H]2CC32)n1. The number of alkyl halides is 5. The molecule has 2 aliphatic carbocycles. The molecule has 1 amide bonds. The van der Waals surface area contributed by atoms with E-state index in [2.05, 4.69) is 37.4 Å². The van der Waals surface area contributed by atoms with Gasteiger partial charge in [-0.3, -0.25) is 14.6 Å². The molecule has 3 aromatic heterocycles. The van der Waals surface area contributed by atoms with E-state index in [0.717, 1.165) is 12.1 Å². The normalized spacial score (nSPS) is 18.2. The van der Waals surface area contributed by atoms with Crippen LogP contribution >= 0.6 is 0 Å². The van der Waals surface area contributed by atoms with Crippen LogP contribution in [-0.4, -0.2) is 41.6 Å². The predicted octanol–water partition coefficient (Wildman–Crippen LogP) is 6.13. The van der Waals surface area contributed by atoms with Gasteiger partial charge in [-0.05, 0) is 74.4 Å². The van der Waals surface area contributed by atoms with Crippen molar-refractivity contribution >= 4 is 22.6 Å². The van der Waals surface area contributed by atoms with Crippen molar-refractivity contribution in [1.29, 1.82) is 0 Å². The average Bonchev–Trinajstić information content (AvgIpc) is 3.53. The van der Waals surface area contributed by atoms with Crippen molar-refractivity contribution in [2.45, 2.75) is 62.9 Å². The standard InChI is InChI=1S/C35H28F7N7O2/c1-33(2,51)9-8-19-6-7-21(20-4-3-5-22-28(20)46-47-32(22)43)29(44-19)25(12-16-10-17(36)13-18(37)11-16)45-26(50)15-49-31-27(30(48-49)35(40,41)42)23-14-24(23)34(31,38)39/h3-7,10-11,13,23-25,51H,12,14-15H2,1-2H3,(H,45,50)(H3,43,46,47)/t23?,24-,25+/m1/s1. The molecule has 0 saturated heterocycles. The van der Waals surface area contributed by atoms with E-state index in [1.165, 1.54) is 19.9 Å². The first kappa shape index (κ1) is 34.0. The third kappa shape index (κ3) is 6.37. The van der Waals surface area contributed by atoms with E-state index >= 15 is 8.78 Å². The van der Waals surface area contributed by atoms with Gasteiger partial charge in [0.15, 0.2) is 11.5 Å². The molecule has 5 N–H and O–H groups in total. The lowest BCUT2D eigenvalue weighted by Gasteiger charge is -2.23. The van der Waals surface area contributed by atoms with Crippen LogP contribution in [-0.2, 0) is 29.9 Å². The van der Waals surface area contributed by atoms with Crippen LogP contribution in [0, 0.1) is 29.4 Å². The predicted molar refractivity (Wildman–Crippen MR) is 170 cm³/mol. The molecule has 0 radical (unpaired) electrons. The Hall–Kier alpha value is -5.43. The van der Waals surface area contributed by atoms with E-state index in [1.54, 1.807) is 24.3 Å². The number of benzene rings is 2. The van der Waals surface area contributed by atoms with Crippen molar-refractivity contribution in [3.63, 3.8) is 0 Å². The van der Waals surface area contributed by atoms with Gasteiger partial charge in [-0.2, -0.15) is 32.1 Å². The number of para-hydroxylation sites is 1. The fraction of sp³-hybridized carbons (Fsp3) is 0.314. The number of carbonyl (C=O) groups excluding carboxylic acids is 1. The molecular weight excluding hydrogens is 683 g/mol. The zero-order chi connectivity index (χ0) is 36.6. The summed E-state index contributed by atoms with van der Waals surface area (Å²) in [6.07, 6.45) is -5.47. The Kier molecular flexibility index (Phi) is 7.90. The van der Waals surface area contributed by atoms with Gasteiger partial charge in [-0.15, -0.1) is 0 Å². The van der Waals surface area contributed by atoms with Gasteiger partial charge >= 0.3 is 6.18 Å². The van der Waals surface area contributed by atoms with E-state index in [4.69, 9.17) is 5.73 Å². The number of aromatic nitrogens is 5. The smallest absolute Gasteiger partial charge is 0.382 e. The van der Waals surface area contributed by atoms with Crippen LogP contribution < -0.4 is 11.1 Å². The van der Waals surface area contributed by atoms with E-state index < -0.39 is 76.6 Å². The number of nitrogens with zero attached hydrogens (tertiary/aromatic N) is 4. The highest BCUT2D eigenvalue weighted by molar-refractivity contribution is 5.99. The summed E-state index contributed by atoms with van der Waals surface area (Å²) in [5.41, 5.74) is 3.19. The Balaban J connectivity index is 1.34. The summed E-state index contributed by atoms with van der Waals surface area (Å²) in [7, 11) is 0. The zero-order valence-electron chi connectivity index (χ0n) is 26.8. The number of rotatable bonds is 7. The highest BCUT2D eigenvalue weighted by atomic mass is 19.4. The van der Waals surface area contributed by atoms with Crippen molar-refractivity contribution < 1.29 is 40.6 Å². The van der Waals surface area contributed by atoms with Crippen LogP contribution in [0.2, 0.25) is 0 Å². The van der Waals surface area contributed by atoms with E-state index in [-0.39, 0.29) is 35.6 Å². The van der Waals surface area contributed by atoms with Gasteiger partial charge < -0.3 is 16.2 Å². The second-order valence-corrected chi connectivity index (χ2v) is 13.2. The van der Waals surface area contributed by atoms with Gasteiger partial charge in [0.1, 0.15) is 35.2 Å². The van der Waals surface area contributed by atoms with E-state index in [9.17, 15) is 31.9 Å². The molecule has 51 heavy (non-hydrogen) atoms. The number of anilines is 1. The minimum absolute atomic E-state index is 0.0634. The van der Waals surface area contributed by atoms with Crippen molar-refractivity contribution in [2.75, 3.05) is 5.73 Å². The molecule has 0 aliphatic heterocycles. The molecule has 16 heteroatoms. The molecule has 1 unspecified atom stereocenters. The Labute approximate surface area is 285 Å². The lowest BCUT2D eigenvalue weighted by molar-refractivity contribution is -0.142. The first-order chi connectivity index (χ1) is 23.9. The number of amides is 1. The first-order valence-corrected chi connectivity index (χ1v) is 15.7. The number of H-pyrrole nitrogens is 1. The molecule has 7 rings (SSSR count). The summed E-state index contributed by atoms with van der Waals surface area (Å²) < 4.78 is 101. The molecule has 3 atom stereocenters. The molecule has 2 aliphatic rings. The molecule has 1 saturated carbocycles. The summed E-state index contributed by atoms with van der Waals surface area (Å²) in [6.45, 7) is 1.87. The van der Waals surface area contributed by atoms with Gasteiger partial charge in [-0.25, -0.2) is 13.8 Å². The van der Waals surface area contributed by atoms with Crippen molar-refractivity contribution in [3.05, 3.63) is 94.1 Å². The molecule has 1 fully saturated rings. The molecule has 2 aromatic carbocycles. The highest BCUT2D eigenvalue weighted by Crippen LogP contribution is 2.68. The zero-order valence-corrected chi connectivity index (χ0v) is 26.8. The monoisotopic (exact) mass is 711 g/mol. The minimum Gasteiger partial charge on any atom is -0.382 e. The number of aromatic amines is 1. The summed E-state index contributed by atoms with van der Waals surface area (Å²) >= 11 is 0. The molecule has 3 heterocycles. The van der Waals surface area contributed by atoms with Crippen LogP contribution in [0.1, 0.15) is 66.1 Å². The molecule has 0 spiro atoms. The Morgan fingerprint density at radius 1 is 1.14 bits per heavy atom. The third-order valence-corrected chi connectivity index (χ3v) is 8.86. The number of nitrogens with two attached hydrogens (primary N) is 1. The second-order valence-electron chi connectivity index (χ2n) is 13.2. The lowest BCUT2D eigenvalue weighted by Crippen LogP contribution is -2.35. The van der Waals surface area contributed by atoms with Crippen molar-refractivity contribution in [3.8, 4) is 23.0 Å². The number of fused-ring (bicyclic) bond motifs is 4. The number of pyridine rings is 1. The first-order valence-electron chi connectivity index (χ1n) is 15.7. The number of nitrogens with one attached hydrogen (secondary N) is 2. The fourth-order valence-corrected chi connectivity index (χ4v) is 6.69. The number of carbonyl (C=O) groups is 1. The molecule has 0 bridgehead atoms. The van der Waals surface area contributed by atoms with Crippen molar-refractivity contribution in [2.24, 2.45) is 5.92 Å². The van der Waals surface area contributed by atoms with Crippen LogP contribution in [0.5, 0.6) is 0 Å². The van der Waals surface area contributed by atoms with Gasteiger partial charge in [0, 0.05) is 34.1 Å². The maximum Gasteiger partial charge on any atom is 0.435 e. The number of halogens is 7. The highest BCUT2D eigenvalue weighted by Gasteiger charge is 2.68. The second kappa shape index (κ2) is 11.8. The fourth-order valence-electron chi connectivity index (χ4n) is 6.69. The Bertz CT molecular complexity index is 2260. The van der Waals surface area contributed by atoms with Gasteiger partial charge in [0.2, 0.25) is 5.91 Å². The average molecular weight is 712 g/mol. The number of aliphatic hydroxyl groups is 1. The maximum absolute atomic E-state index is 15.3. The molecule has 9 nitrogen and oxygen atoms in total. The summed E-state index contributed by atoms with van der Waals surface area (Å²) in [5, 5.41) is 23.7. The summed E-state index contributed by atoms with van der Waals surface area (Å²) in [5.74, 6) is -3.25. The summed E-state index contributed by atoms with van der Waals surface area (Å²) in [6, 6.07) is 9.67. The Morgan fingerprint density at radius 2 is 1.86 bits per heavy atom. The van der Waals surface area contributed by atoms with Crippen molar-refractivity contribution in [1.82, 2.24) is 30.3 Å². The number of nitrogen functional groups attached to an aromatic ring is 1. The summed E-state index contributed by atoms with van der Waals surface area (Å²) in [4.78, 5) is 18.4. The van der Waals surface area contributed by atoms with E-state index in [0.29, 0.717) is 32.8 Å². The van der Waals surface area contributed by atoms with Gasteiger partial charge in [0.05, 0.1) is 17.3 Å². The number of hydrogen-bond acceptors (Lipinski definition) is 6. The number of hydrogen-bond donors (Lipinski definition) is 4. The van der Waals surface area contributed by atoms with Crippen LogP contribution in [0.4, 0.5) is 36.6 Å². The van der Waals surface area contributed by atoms with Gasteiger partial charge in [-0.1, -0.05) is 18.1 Å². The minimum atomic E-state index is -5.04. The van der Waals surface area contributed by atoms with Gasteiger partial charge in [0.25, 0.3) is 5.92 Å². The van der Waals surface area contributed by atoms with Crippen LogP contribution in [0.3, 0.4) is 0 Å².